The maximum Gasteiger partial charge on any atom is 0.240 e. The molecule has 1 heterocycles. The topological polar surface area (TPSA) is 74.8 Å². The summed E-state index contributed by atoms with van der Waals surface area (Å²) in [6.45, 7) is 2.08. The molecule has 0 fully saturated rings. The highest BCUT2D eigenvalue weighted by Gasteiger charge is 2.16. The molecule has 1 aromatic heterocycles. The lowest BCUT2D eigenvalue weighted by molar-refractivity contribution is 0.580. The first-order valence-corrected chi connectivity index (χ1v) is 8.01. The van der Waals surface area contributed by atoms with Gasteiger partial charge in [0.15, 0.2) is 0 Å². The summed E-state index contributed by atoms with van der Waals surface area (Å²) in [5, 5.41) is 0. The predicted molar refractivity (Wildman–Crippen MR) is 76.4 cm³/mol. The molecule has 0 aliphatic rings. The van der Waals surface area contributed by atoms with Gasteiger partial charge in [0.25, 0.3) is 0 Å². The summed E-state index contributed by atoms with van der Waals surface area (Å²) in [5.41, 5.74) is 0.716. The standard InChI is InChI=1S/C12H14BrN3O2S/c1-9-2-3-10(13)8-11(9)19(17,18)16-5-4-12-14-6-7-15-12/h2-3,6-8,16H,4-5H2,1H3,(H,14,15). The minimum absolute atomic E-state index is 0.293. The van der Waals surface area contributed by atoms with Gasteiger partial charge in [-0.25, -0.2) is 18.1 Å². The molecular weight excluding hydrogens is 330 g/mol. The summed E-state index contributed by atoms with van der Waals surface area (Å²) in [6, 6.07) is 5.19. The number of rotatable bonds is 5. The average Bonchev–Trinajstić information content (AvgIpc) is 2.85. The van der Waals surface area contributed by atoms with Crippen LogP contribution in [0.4, 0.5) is 0 Å². The molecule has 0 amide bonds. The number of hydrogen-bond donors (Lipinski definition) is 2. The van der Waals surface area contributed by atoms with Crippen molar-refractivity contribution in [2.75, 3.05) is 6.54 Å². The fraction of sp³-hybridized carbons (Fsp3) is 0.250. The molecule has 19 heavy (non-hydrogen) atoms. The van der Waals surface area contributed by atoms with E-state index in [-0.39, 0.29) is 0 Å². The Morgan fingerprint density at radius 2 is 2.21 bits per heavy atom. The van der Waals surface area contributed by atoms with Crippen molar-refractivity contribution in [3.63, 3.8) is 0 Å². The number of nitrogens with one attached hydrogen (secondary N) is 2. The van der Waals surface area contributed by atoms with E-state index in [2.05, 4.69) is 30.6 Å². The third-order valence-corrected chi connectivity index (χ3v) is 4.74. The lowest BCUT2D eigenvalue weighted by Gasteiger charge is -2.09. The molecule has 2 rings (SSSR count). The molecule has 0 bridgehead atoms. The molecule has 0 atom stereocenters. The van der Waals surface area contributed by atoms with Crippen molar-refractivity contribution in [1.82, 2.24) is 14.7 Å². The van der Waals surface area contributed by atoms with Gasteiger partial charge in [-0.05, 0) is 24.6 Å². The Hall–Kier alpha value is -1.18. The Morgan fingerprint density at radius 1 is 1.42 bits per heavy atom. The van der Waals surface area contributed by atoms with Gasteiger partial charge in [0.05, 0.1) is 4.90 Å². The number of sulfonamides is 1. The quantitative estimate of drug-likeness (QED) is 0.871. The number of imidazole rings is 1. The molecule has 5 nitrogen and oxygen atoms in total. The summed E-state index contributed by atoms with van der Waals surface area (Å²) in [5.74, 6) is 0.758. The highest BCUT2D eigenvalue weighted by atomic mass is 79.9. The minimum atomic E-state index is -3.49. The zero-order valence-electron chi connectivity index (χ0n) is 10.4. The Kier molecular flexibility index (Phi) is 4.38. The van der Waals surface area contributed by atoms with Crippen LogP contribution in [0.15, 0.2) is 40.0 Å². The van der Waals surface area contributed by atoms with Crippen LogP contribution in [0, 0.1) is 6.92 Å². The van der Waals surface area contributed by atoms with Crippen LogP contribution in [0.2, 0.25) is 0 Å². The van der Waals surface area contributed by atoms with Gasteiger partial charge in [-0.2, -0.15) is 0 Å². The van der Waals surface area contributed by atoms with E-state index < -0.39 is 10.0 Å². The predicted octanol–water partition coefficient (Wildman–Crippen LogP) is 2.00. The lowest BCUT2D eigenvalue weighted by atomic mass is 10.2. The van der Waals surface area contributed by atoms with Crippen molar-refractivity contribution in [3.8, 4) is 0 Å². The zero-order chi connectivity index (χ0) is 13.9. The average molecular weight is 344 g/mol. The monoisotopic (exact) mass is 343 g/mol. The van der Waals surface area contributed by atoms with Crippen LogP contribution in [0.25, 0.3) is 0 Å². The molecule has 0 aliphatic heterocycles. The van der Waals surface area contributed by atoms with Gasteiger partial charge >= 0.3 is 0 Å². The first-order valence-electron chi connectivity index (χ1n) is 5.73. The maximum absolute atomic E-state index is 12.2. The van der Waals surface area contributed by atoms with Crippen LogP contribution in [0.3, 0.4) is 0 Å². The van der Waals surface area contributed by atoms with Crippen LogP contribution in [-0.4, -0.2) is 24.9 Å². The molecule has 1 aromatic carbocycles. The van der Waals surface area contributed by atoms with Crippen molar-refractivity contribution in [2.24, 2.45) is 0 Å². The molecule has 0 unspecified atom stereocenters. The SMILES string of the molecule is Cc1ccc(Br)cc1S(=O)(=O)NCCc1ncc[nH]1. The Balaban J connectivity index is 2.07. The van der Waals surface area contributed by atoms with Gasteiger partial charge in [-0.3, -0.25) is 0 Å². The summed E-state index contributed by atoms with van der Waals surface area (Å²) in [7, 11) is -3.49. The van der Waals surface area contributed by atoms with E-state index in [0.717, 1.165) is 10.3 Å². The van der Waals surface area contributed by atoms with Gasteiger partial charge < -0.3 is 4.98 Å². The van der Waals surface area contributed by atoms with Gasteiger partial charge in [0.2, 0.25) is 10.0 Å². The number of aryl methyl sites for hydroxylation is 1. The van der Waals surface area contributed by atoms with E-state index in [0.29, 0.717) is 23.4 Å². The smallest absolute Gasteiger partial charge is 0.240 e. The molecule has 0 spiro atoms. The van der Waals surface area contributed by atoms with Crippen LogP contribution < -0.4 is 4.72 Å². The molecule has 102 valence electrons. The van der Waals surface area contributed by atoms with Crippen molar-refractivity contribution < 1.29 is 8.42 Å². The second-order valence-corrected chi connectivity index (χ2v) is 6.74. The lowest BCUT2D eigenvalue weighted by Crippen LogP contribution is -2.26. The molecule has 0 aliphatic carbocycles. The van der Waals surface area contributed by atoms with Crippen LogP contribution in [0.5, 0.6) is 0 Å². The maximum atomic E-state index is 12.2. The van der Waals surface area contributed by atoms with Gasteiger partial charge in [0, 0.05) is 29.8 Å². The largest absolute Gasteiger partial charge is 0.349 e. The first kappa shape index (κ1) is 14.2. The van der Waals surface area contributed by atoms with Crippen molar-refractivity contribution in [2.45, 2.75) is 18.2 Å². The third kappa shape index (κ3) is 3.65. The highest BCUT2D eigenvalue weighted by Crippen LogP contribution is 2.20. The second kappa shape index (κ2) is 5.85. The Labute approximate surface area is 120 Å². The fourth-order valence-electron chi connectivity index (χ4n) is 1.68. The molecule has 2 N–H and O–H groups in total. The Morgan fingerprint density at radius 3 is 2.89 bits per heavy atom. The van der Waals surface area contributed by atoms with Crippen LogP contribution in [-0.2, 0) is 16.4 Å². The number of hydrogen-bond acceptors (Lipinski definition) is 3. The van der Waals surface area contributed by atoms with Gasteiger partial charge in [-0.1, -0.05) is 22.0 Å². The van der Waals surface area contributed by atoms with E-state index in [1.54, 1.807) is 31.5 Å². The van der Waals surface area contributed by atoms with Crippen LogP contribution >= 0.6 is 15.9 Å². The molecule has 0 saturated carbocycles. The van der Waals surface area contributed by atoms with E-state index in [4.69, 9.17) is 0 Å². The number of aromatic amines is 1. The number of halogens is 1. The zero-order valence-corrected chi connectivity index (χ0v) is 12.8. The number of nitrogens with zero attached hydrogens (tertiary/aromatic N) is 1. The fourth-order valence-corrected chi connectivity index (χ4v) is 3.49. The molecule has 0 radical (unpaired) electrons. The number of aromatic nitrogens is 2. The van der Waals surface area contributed by atoms with Crippen molar-refractivity contribution in [1.29, 1.82) is 0 Å². The van der Waals surface area contributed by atoms with Gasteiger partial charge in [0.1, 0.15) is 5.82 Å². The third-order valence-electron chi connectivity index (χ3n) is 2.65. The first-order chi connectivity index (χ1) is 8.99. The molecule has 0 saturated heterocycles. The summed E-state index contributed by atoms with van der Waals surface area (Å²) in [4.78, 5) is 7.27. The summed E-state index contributed by atoms with van der Waals surface area (Å²) < 4.78 is 27.7. The summed E-state index contributed by atoms with van der Waals surface area (Å²) in [6.07, 6.45) is 3.88. The van der Waals surface area contributed by atoms with E-state index in [9.17, 15) is 8.42 Å². The molecular formula is C12H14BrN3O2S. The summed E-state index contributed by atoms with van der Waals surface area (Å²) >= 11 is 3.28. The van der Waals surface area contributed by atoms with E-state index >= 15 is 0 Å². The normalized spacial score (nSPS) is 11.7. The Bertz CT molecular complexity index is 654. The van der Waals surface area contributed by atoms with Crippen LogP contribution in [0.1, 0.15) is 11.4 Å². The second-order valence-electron chi connectivity index (χ2n) is 4.09. The van der Waals surface area contributed by atoms with Gasteiger partial charge in [-0.15, -0.1) is 0 Å². The van der Waals surface area contributed by atoms with Crippen molar-refractivity contribution in [3.05, 3.63) is 46.5 Å². The molecule has 2 aromatic rings. The number of benzene rings is 1. The van der Waals surface area contributed by atoms with E-state index in [1.807, 2.05) is 6.07 Å². The van der Waals surface area contributed by atoms with E-state index in [1.165, 1.54) is 0 Å². The minimum Gasteiger partial charge on any atom is -0.349 e. The number of H-pyrrole nitrogens is 1. The molecule has 7 heteroatoms. The van der Waals surface area contributed by atoms with Crippen molar-refractivity contribution >= 4 is 26.0 Å². The highest BCUT2D eigenvalue weighted by molar-refractivity contribution is 9.10.